The topological polar surface area (TPSA) is 30.9 Å². The summed E-state index contributed by atoms with van der Waals surface area (Å²) in [6.45, 7) is 13.3. The van der Waals surface area contributed by atoms with Crippen molar-refractivity contribution in [1.82, 2.24) is 15.1 Å². The van der Waals surface area contributed by atoms with Gasteiger partial charge in [0, 0.05) is 31.7 Å². The van der Waals surface area contributed by atoms with E-state index in [0.29, 0.717) is 0 Å². The van der Waals surface area contributed by atoms with Crippen molar-refractivity contribution in [1.29, 1.82) is 0 Å². The molecule has 0 atom stereocenters. The highest BCUT2D eigenvalue weighted by molar-refractivity contribution is 5.82. The second-order valence-corrected chi connectivity index (χ2v) is 5.59. The van der Waals surface area contributed by atoms with Crippen molar-refractivity contribution in [3.8, 4) is 0 Å². The SMILES string of the molecule is CC(C)(C)N1CCN=C1N1CCCNCC1. The van der Waals surface area contributed by atoms with Gasteiger partial charge in [-0.05, 0) is 33.7 Å². The Morgan fingerprint density at radius 2 is 1.94 bits per heavy atom. The average molecular weight is 224 g/mol. The predicted octanol–water partition coefficient (Wildman–Crippen LogP) is 0.752. The van der Waals surface area contributed by atoms with Crippen LogP contribution in [-0.4, -0.2) is 60.6 Å². The van der Waals surface area contributed by atoms with Crippen molar-refractivity contribution in [2.75, 3.05) is 39.3 Å². The van der Waals surface area contributed by atoms with Gasteiger partial charge in [0.25, 0.3) is 0 Å². The van der Waals surface area contributed by atoms with E-state index in [4.69, 9.17) is 0 Å². The fourth-order valence-corrected chi connectivity index (χ4v) is 2.39. The molecule has 0 saturated carbocycles. The minimum Gasteiger partial charge on any atom is -0.341 e. The van der Waals surface area contributed by atoms with Gasteiger partial charge >= 0.3 is 0 Å². The van der Waals surface area contributed by atoms with Gasteiger partial charge in [0.1, 0.15) is 0 Å². The van der Waals surface area contributed by atoms with E-state index in [9.17, 15) is 0 Å². The summed E-state index contributed by atoms with van der Waals surface area (Å²) in [5.41, 5.74) is 0.190. The normalized spacial score (nSPS) is 23.3. The van der Waals surface area contributed by atoms with Crippen LogP contribution >= 0.6 is 0 Å². The van der Waals surface area contributed by atoms with Crippen LogP contribution < -0.4 is 5.32 Å². The molecule has 0 aliphatic carbocycles. The van der Waals surface area contributed by atoms with Crippen LogP contribution in [0.4, 0.5) is 0 Å². The van der Waals surface area contributed by atoms with Crippen LogP contribution in [0, 0.1) is 0 Å². The lowest BCUT2D eigenvalue weighted by Gasteiger charge is -2.38. The molecule has 0 bridgehead atoms. The van der Waals surface area contributed by atoms with Gasteiger partial charge in [0.05, 0.1) is 6.54 Å². The maximum atomic E-state index is 4.69. The third-order valence-electron chi connectivity index (χ3n) is 3.25. The molecule has 4 heteroatoms. The van der Waals surface area contributed by atoms with Gasteiger partial charge in [0.15, 0.2) is 5.96 Å². The minimum absolute atomic E-state index is 0.190. The molecule has 1 saturated heterocycles. The Balaban J connectivity index is 2.06. The maximum Gasteiger partial charge on any atom is 0.197 e. The van der Waals surface area contributed by atoms with Gasteiger partial charge in [0.2, 0.25) is 0 Å². The standard InChI is InChI=1S/C12H24N4/c1-12(2,3)16-10-7-14-11(16)15-8-4-5-13-6-9-15/h13H,4-10H2,1-3H3. The van der Waals surface area contributed by atoms with Crippen LogP contribution in [0.3, 0.4) is 0 Å². The highest BCUT2D eigenvalue weighted by atomic mass is 15.4. The molecule has 0 aromatic heterocycles. The molecule has 4 nitrogen and oxygen atoms in total. The van der Waals surface area contributed by atoms with Crippen molar-refractivity contribution >= 4 is 5.96 Å². The second-order valence-electron chi connectivity index (χ2n) is 5.59. The zero-order valence-corrected chi connectivity index (χ0v) is 10.8. The summed E-state index contributed by atoms with van der Waals surface area (Å²) in [7, 11) is 0. The molecule has 1 fully saturated rings. The summed E-state index contributed by atoms with van der Waals surface area (Å²) in [6.07, 6.45) is 1.22. The first-order chi connectivity index (χ1) is 7.59. The summed E-state index contributed by atoms with van der Waals surface area (Å²) < 4.78 is 0. The van der Waals surface area contributed by atoms with Gasteiger partial charge < -0.3 is 15.1 Å². The first-order valence-corrected chi connectivity index (χ1v) is 6.37. The highest BCUT2D eigenvalue weighted by Crippen LogP contribution is 2.19. The summed E-state index contributed by atoms with van der Waals surface area (Å²) in [5.74, 6) is 1.22. The smallest absolute Gasteiger partial charge is 0.197 e. The Morgan fingerprint density at radius 1 is 1.12 bits per heavy atom. The van der Waals surface area contributed by atoms with Crippen LogP contribution in [0.5, 0.6) is 0 Å². The molecule has 2 aliphatic rings. The largest absolute Gasteiger partial charge is 0.341 e. The number of aliphatic imine (C=N–C) groups is 1. The summed E-state index contributed by atoms with van der Waals surface area (Å²) in [6, 6.07) is 0. The van der Waals surface area contributed by atoms with Crippen molar-refractivity contribution < 1.29 is 0 Å². The summed E-state index contributed by atoms with van der Waals surface area (Å²) in [5, 5.41) is 3.44. The van der Waals surface area contributed by atoms with Crippen LogP contribution in [0.25, 0.3) is 0 Å². The molecule has 0 aromatic carbocycles. The summed E-state index contributed by atoms with van der Waals surface area (Å²) >= 11 is 0. The van der Waals surface area contributed by atoms with E-state index in [2.05, 4.69) is 40.9 Å². The van der Waals surface area contributed by atoms with Gasteiger partial charge in [-0.1, -0.05) is 0 Å². The van der Waals surface area contributed by atoms with Crippen molar-refractivity contribution in [2.45, 2.75) is 32.7 Å². The molecule has 0 aromatic rings. The first kappa shape index (κ1) is 11.7. The molecule has 0 unspecified atom stereocenters. The van der Waals surface area contributed by atoms with Crippen LogP contribution in [-0.2, 0) is 0 Å². The van der Waals surface area contributed by atoms with Gasteiger partial charge in [-0.2, -0.15) is 0 Å². The molecule has 2 aliphatic heterocycles. The predicted molar refractivity (Wildman–Crippen MR) is 67.8 cm³/mol. The van der Waals surface area contributed by atoms with E-state index in [1.165, 1.54) is 12.4 Å². The van der Waals surface area contributed by atoms with Crippen LogP contribution in [0.15, 0.2) is 4.99 Å². The Morgan fingerprint density at radius 3 is 2.69 bits per heavy atom. The summed E-state index contributed by atoms with van der Waals surface area (Å²) in [4.78, 5) is 9.58. The number of rotatable bonds is 0. The Hall–Kier alpha value is -0.770. The molecule has 1 N–H and O–H groups in total. The monoisotopic (exact) mass is 224 g/mol. The molecule has 92 valence electrons. The molecule has 0 amide bonds. The number of nitrogens with one attached hydrogen (secondary N) is 1. The number of hydrogen-bond donors (Lipinski definition) is 1. The van der Waals surface area contributed by atoms with E-state index in [0.717, 1.165) is 39.3 Å². The first-order valence-electron chi connectivity index (χ1n) is 6.37. The molecule has 2 heterocycles. The third kappa shape index (κ3) is 2.48. The fraction of sp³-hybridized carbons (Fsp3) is 0.917. The Bertz CT molecular complexity index is 259. The fourth-order valence-electron chi connectivity index (χ4n) is 2.39. The maximum absolute atomic E-state index is 4.69. The van der Waals surface area contributed by atoms with Crippen LogP contribution in [0.2, 0.25) is 0 Å². The lowest BCUT2D eigenvalue weighted by Crippen LogP contribution is -2.51. The van der Waals surface area contributed by atoms with E-state index < -0.39 is 0 Å². The molecular formula is C12H24N4. The lowest BCUT2D eigenvalue weighted by atomic mass is 10.1. The second kappa shape index (κ2) is 4.62. The number of guanidine groups is 1. The minimum atomic E-state index is 0.190. The Labute approximate surface area is 98.7 Å². The van der Waals surface area contributed by atoms with Crippen molar-refractivity contribution in [3.05, 3.63) is 0 Å². The lowest BCUT2D eigenvalue weighted by molar-refractivity contribution is 0.224. The molecular weight excluding hydrogens is 200 g/mol. The van der Waals surface area contributed by atoms with E-state index in [1.54, 1.807) is 0 Å². The quantitative estimate of drug-likeness (QED) is 0.659. The zero-order valence-electron chi connectivity index (χ0n) is 10.8. The van der Waals surface area contributed by atoms with Gasteiger partial charge in [-0.15, -0.1) is 0 Å². The van der Waals surface area contributed by atoms with E-state index >= 15 is 0 Å². The zero-order chi connectivity index (χ0) is 11.6. The Kier molecular flexibility index (Phi) is 3.38. The number of nitrogens with zero attached hydrogens (tertiary/aromatic N) is 3. The molecule has 16 heavy (non-hydrogen) atoms. The van der Waals surface area contributed by atoms with Crippen LogP contribution in [0.1, 0.15) is 27.2 Å². The third-order valence-corrected chi connectivity index (χ3v) is 3.25. The average Bonchev–Trinajstić information content (AvgIpc) is 2.55. The van der Waals surface area contributed by atoms with E-state index in [-0.39, 0.29) is 5.54 Å². The van der Waals surface area contributed by atoms with E-state index in [1.807, 2.05) is 0 Å². The highest BCUT2D eigenvalue weighted by Gasteiger charge is 2.31. The molecule has 0 radical (unpaired) electrons. The van der Waals surface area contributed by atoms with Gasteiger partial charge in [-0.3, -0.25) is 4.99 Å². The van der Waals surface area contributed by atoms with Crippen molar-refractivity contribution in [3.63, 3.8) is 0 Å². The van der Waals surface area contributed by atoms with Crippen molar-refractivity contribution in [2.24, 2.45) is 4.99 Å². The molecule has 0 spiro atoms. The molecule has 2 rings (SSSR count). The van der Waals surface area contributed by atoms with Gasteiger partial charge in [-0.25, -0.2) is 0 Å². The number of hydrogen-bond acceptors (Lipinski definition) is 4.